The molecule has 0 radical (unpaired) electrons. The first-order valence-electron chi connectivity index (χ1n) is 4.94. The van der Waals surface area contributed by atoms with E-state index < -0.39 is 11.9 Å². The number of halogens is 3. The summed E-state index contributed by atoms with van der Waals surface area (Å²) in [5.74, 6) is 0. The van der Waals surface area contributed by atoms with Gasteiger partial charge >= 0.3 is 6.18 Å². The largest absolute Gasteiger partial charge is 0.433 e. The van der Waals surface area contributed by atoms with E-state index in [4.69, 9.17) is 0 Å². The SMILES string of the molecule is Cc1cccc(-c2ccc(C(F)(F)F)nc2)n1. The predicted octanol–water partition coefficient (Wildman–Crippen LogP) is 3.47. The van der Waals surface area contributed by atoms with E-state index in [1.54, 1.807) is 12.1 Å². The lowest BCUT2D eigenvalue weighted by Gasteiger charge is -2.06. The van der Waals surface area contributed by atoms with Crippen LogP contribution in [-0.4, -0.2) is 9.97 Å². The van der Waals surface area contributed by atoms with Gasteiger partial charge in [0.1, 0.15) is 5.69 Å². The zero-order valence-corrected chi connectivity index (χ0v) is 8.99. The fourth-order valence-electron chi connectivity index (χ4n) is 1.42. The third-order valence-corrected chi connectivity index (χ3v) is 2.24. The predicted molar refractivity (Wildman–Crippen MR) is 57.2 cm³/mol. The molecule has 0 fully saturated rings. The molecular weight excluding hydrogens is 229 g/mol. The van der Waals surface area contributed by atoms with Gasteiger partial charge in [0.2, 0.25) is 0 Å². The van der Waals surface area contributed by atoms with Crippen LogP contribution in [0.25, 0.3) is 11.3 Å². The topological polar surface area (TPSA) is 25.8 Å². The second kappa shape index (κ2) is 4.16. The Morgan fingerprint density at radius 1 is 1.06 bits per heavy atom. The lowest BCUT2D eigenvalue weighted by Crippen LogP contribution is -2.07. The molecule has 0 aliphatic carbocycles. The van der Waals surface area contributed by atoms with Crippen LogP contribution in [0.15, 0.2) is 36.5 Å². The Balaban J connectivity index is 2.36. The summed E-state index contributed by atoms with van der Waals surface area (Å²) < 4.78 is 36.9. The fraction of sp³-hybridized carbons (Fsp3) is 0.167. The van der Waals surface area contributed by atoms with Crippen LogP contribution in [0.4, 0.5) is 13.2 Å². The van der Waals surface area contributed by atoms with E-state index in [0.717, 1.165) is 11.8 Å². The highest BCUT2D eigenvalue weighted by molar-refractivity contribution is 5.57. The molecular formula is C12H9F3N2. The van der Waals surface area contributed by atoms with Crippen LogP contribution < -0.4 is 0 Å². The van der Waals surface area contributed by atoms with E-state index in [1.807, 2.05) is 13.0 Å². The van der Waals surface area contributed by atoms with Crippen molar-refractivity contribution in [2.24, 2.45) is 0 Å². The van der Waals surface area contributed by atoms with Gasteiger partial charge in [0, 0.05) is 17.5 Å². The van der Waals surface area contributed by atoms with E-state index in [2.05, 4.69) is 9.97 Å². The smallest absolute Gasteiger partial charge is 0.253 e. The Bertz CT molecular complexity index is 518. The first-order valence-corrected chi connectivity index (χ1v) is 4.94. The molecule has 0 amide bonds. The number of hydrogen-bond donors (Lipinski definition) is 0. The first kappa shape index (κ1) is 11.6. The zero-order valence-electron chi connectivity index (χ0n) is 8.99. The maximum atomic E-state index is 12.3. The van der Waals surface area contributed by atoms with E-state index in [0.29, 0.717) is 11.3 Å². The van der Waals surface area contributed by atoms with E-state index >= 15 is 0 Å². The summed E-state index contributed by atoms with van der Waals surface area (Å²) in [4.78, 5) is 7.61. The van der Waals surface area contributed by atoms with E-state index in [1.165, 1.54) is 12.3 Å². The monoisotopic (exact) mass is 238 g/mol. The summed E-state index contributed by atoms with van der Waals surface area (Å²) in [6.07, 6.45) is -3.22. The molecule has 0 saturated heterocycles. The van der Waals surface area contributed by atoms with Gasteiger partial charge in [-0.25, -0.2) is 0 Å². The first-order chi connectivity index (χ1) is 7.97. The molecule has 0 aromatic carbocycles. The molecule has 88 valence electrons. The average molecular weight is 238 g/mol. The maximum absolute atomic E-state index is 12.3. The number of aryl methyl sites for hydroxylation is 1. The average Bonchev–Trinajstić information content (AvgIpc) is 2.28. The normalized spacial score (nSPS) is 11.5. The molecule has 0 atom stereocenters. The summed E-state index contributed by atoms with van der Waals surface area (Å²) in [5.41, 5.74) is 1.10. The molecule has 0 bridgehead atoms. The molecule has 2 rings (SSSR count). The molecule has 0 aliphatic rings. The van der Waals surface area contributed by atoms with Gasteiger partial charge in [0.05, 0.1) is 5.69 Å². The van der Waals surface area contributed by atoms with Crippen molar-refractivity contribution in [2.45, 2.75) is 13.1 Å². The number of alkyl halides is 3. The number of hydrogen-bond acceptors (Lipinski definition) is 2. The van der Waals surface area contributed by atoms with Crippen molar-refractivity contribution in [1.82, 2.24) is 9.97 Å². The Morgan fingerprint density at radius 2 is 1.82 bits per heavy atom. The standard InChI is InChI=1S/C12H9F3N2/c1-8-3-2-4-10(17-8)9-5-6-11(16-7-9)12(13,14)15/h2-7H,1H3. The van der Waals surface area contributed by atoms with Crippen LogP contribution in [0.1, 0.15) is 11.4 Å². The summed E-state index contributed by atoms with van der Waals surface area (Å²) in [6.45, 7) is 1.82. The highest BCUT2D eigenvalue weighted by Gasteiger charge is 2.32. The molecule has 17 heavy (non-hydrogen) atoms. The lowest BCUT2D eigenvalue weighted by molar-refractivity contribution is -0.141. The zero-order chi connectivity index (χ0) is 12.5. The fourth-order valence-corrected chi connectivity index (χ4v) is 1.42. The Kier molecular flexibility index (Phi) is 2.83. The third-order valence-electron chi connectivity index (χ3n) is 2.24. The van der Waals surface area contributed by atoms with Crippen LogP contribution >= 0.6 is 0 Å². The molecule has 2 nitrogen and oxygen atoms in total. The lowest BCUT2D eigenvalue weighted by atomic mass is 10.1. The van der Waals surface area contributed by atoms with Crippen molar-refractivity contribution in [2.75, 3.05) is 0 Å². The van der Waals surface area contributed by atoms with Crippen molar-refractivity contribution >= 4 is 0 Å². The number of pyridine rings is 2. The van der Waals surface area contributed by atoms with E-state index in [9.17, 15) is 13.2 Å². The molecule has 0 aliphatic heterocycles. The van der Waals surface area contributed by atoms with Crippen LogP contribution in [0, 0.1) is 6.92 Å². The third kappa shape index (κ3) is 2.61. The summed E-state index contributed by atoms with van der Waals surface area (Å²) in [5, 5.41) is 0. The Hall–Kier alpha value is -1.91. The van der Waals surface area contributed by atoms with Gasteiger partial charge in [-0.15, -0.1) is 0 Å². The van der Waals surface area contributed by atoms with E-state index in [-0.39, 0.29) is 0 Å². The van der Waals surface area contributed by atoms with Crippen LogP contribution in [0.5, 0.6) is 0 Å². The number of rotatable bonds is 1. The van der Waals surface area contributed by atoms with Crippen LogP contribution in [-0.2, 0) is 6.18 Å². The quantitative estimate of drug-likeness (QED) is 0.760. The van der Waals surface area contributed by atoms with Crippen molar-refractivity contribution < 1.29 is 13.2 Å². The second-order valence-corrected chi connectivity index (χ2v) is 3.59. The Labute approximate surface area is 96.2 Å². The Morgan fingerprint density at radius 3 is 2.35 bits per heavy atom. The van der Waals surface area contributed by atoms with Gasteiger partial charge in [-0.3, -0.25) is 9.97 Å². The highest BCUT2D eigenvalue weighted by Crippen LogP contribution is 2.28. The van der Waals surface area contributed by atoms with Crippen molar-refractivity contribution in [3.8, 4) is 11.3 Å². The molecule has 0 unspecified atom stereocenters. The number of aromatic nitrogens is 2. The van der Waals surface area contributed by atoms with Gasteiger partial charge in [0.15, 0.2) is 0 Å². The summed E-state index contributed by atoms with van der Waals surface area (Å²) in [7, 11) is 0. The molecule has 0 spiro atoms. The van der Waals surface area contributed by atoms with Gasteiger partial charge in [-0.05, 0) is 31.2 Å². The van der Waals surface area contributed by atoms with Crippen molar-refractivity contribution in [3.05, 3.63) is 47.9 Å². The molecule has 0 N–H and O–H groups in total. The molecule has 2 aromatic rings. The van der Waals surface area contributed by atoms with Crippen LogP contribution in [0.2, 0.25) is 0 Å². The van der Waals surface area contributed by atoms with Gasteiger partial charge in [-0.1, -0.05) is 6.07 Å². The minimum atomic E-state index is -4.40. The molecule has 5 heteroatoms. The van der Waals surface area contributed by atoms with Crippen molar-refractivity contribution in [1.29, 1.82) is 0 Å². The van der Waals surface area contributed by atoms with Gasteiger partial charge < -0.3 is 0 Å². The van der Waals surface area contributed by atoms with Gasteiger partial charge in [0.25, 0.3) is 0 Å². The van der Waals surface area contributed by atoms with Crippen molar-refractivity contribution in [3.63, 3.8) is 0 Å². The summed E-state index contributed by atoms with van der Waals surface area (Å²) >= 11 is 0. The minimum absolute atomic E-state index is 0.571. The second-order valence-electron chi connectivity index (χ2n) is 3.59. The molecule has 2 heterocycles. The molecule has 0 saturated carbocycles. The highest BCUT2D eigenvalue weighted by atomic mass is 19.4. The van der Waals surface area contributed by atoms with Gasteiger partial charge in [-0.2, -0.15) is 13.2 Å². The molecule has 2 aromatic heterocycles. The summed E-state index contributed by atoms with van der Waals surface area (Å²) in [6, 6.07) is 7.69. The van der Waals surface area contributed by atoms with Crippen LogP contribution in [0.3, 0.4) is 0 Å². The number of nitrogens with zero attached hydrogens (tertiary/aromatic N) is 2. The minimum Gasteiger partial charge on any atom is -0.253 e. The maximum Gasteiger partial charge on any atom is 0.433 e.